The Balaban J connectivity index is 2.16. The number of aliphatic hydroxyl groups is 1. The molecule has 72 valence electrons. The fourth-order valence-electron chi connectivity index (χ4n) is 1.15. The van der Waals surface area contributed by atoms with E-state index >= 15 is 0 Å². The molecule has 0 aliphatic carbocycles. The Bertz CT molecular complexity index is 142. The van der Waals surface area contributed by atoms with Crippen molar-refractivity contribution in [1.82, 2.24) is 5.06 Å². The van der Waals surface area contributed by atoms with Crippen molar-refractivity contribution in [2.45, 2.75) is 33.3 Å². The van der Waals surface area contributed by atoms with E-state index in [0.29, 0.717) is 18.6 Å². The van der Waals surface area contributed by atoms with Crippen LogP contribution in [0.5, 0.6) is 0 Å². The highest BCUT2D eigenvalue weighted by Crippen LogP contribution is 2.19. The molecule has 0 amide bonds. The fourth-order valence-corrected chi connectivity index (χ4v) is 1.15. The molecule has 1 N–H and O–H groups in total. The van der Waals surface area contributed by atoms with Gasteiger partial charge < -0.3 is 5.11 Å². The normalized spacial score (nSPS) is 26.5. The Morgan fingerprint density at radius 2 is 2.17 bits per heavy atom. The van der Waals surface area contributed by atoms with E-state index in [4.69, 9.17) is 9.94 Å². The first-order valence-electron chi connectivity index (χ1n) is 4.53. The zero-order chi connectivity index (χ0) is 9.19. The monoisotopic (exact) mass is 173 g/mol. The highest BCUT2D eigenvalue weighted by atomic mass is 16.7. The summed E-state index contributed by atoms with van der Waals surface area (Å²) in [5.41, 5.74) is 0.344. The summed E-state index contributed by atoms with van der Waals surface area (Å²) in [5, 5.41) is 11.0. The van der Waals surface area contributed by atoms with Gasteiger partial charge in [-0.1, -0.05) is 20.8 Å². The number of nitrogens with zero attached hydrogens (tertiary/aromatic N) is 1. The smallest absolute Gasteiger partial charge is 0.0958 e. The van der Waals surface area contributed by atoms with Crippen molar-refractivity contribution < 1.29 is 9.94 Å². The molecule has 3 nitrogen and oxygen atoms in total. The fraction of sp³-hybridized carbons (Fsp3) is 1.00. The van der Waals surface area contributed by atoms with Crippen LogP contribution in [-0.2, 0) is 4.84 Å². The van der Waals surface area contributed by atoms with E-state index in [1.807, 2.05) is 5.06 Å². The quantitative estimate of drug-likeness (QED) is 0.677. The lowest BCUT2D eigenvalue weighted by molar-refractivity contribution is -0.114. The summed E-state index contributed by atoms with van der Waals surface area (Å²) in [6.07, 6.45) is 0.810. The SMILES string of the molecule is CC(C)(C)CCN1CC(O)CO1. The van der Waals surface area contributed by atoms with Crippen molar-refractivity contribution >= 4 is 0 Å². The maximum absolute atomic E-state index is 9.16. The van der Waals surface area contributed by atoms with E-state index in [1.165, 1.54) is 0 Å². The van der Waals surface area contributed by atoms with Crippen molar-refractivity contribution in [2.75, 3.05) is 19.7 Å². The predicted octanol–water partition coefficient (Wildman–Crippen LogP) is 1.03. The van der Waals surface area contributed by atoms with Gasteiger partial charge in [-0.15, -0.1) is 0 Å². The van der Waals surface area contributed by atoms with Crippen LogP contribution in [0.3, 0.4) is 0 Å². The summed E-state index contributed by atoms with van der Waals surface area (Å²) in [5.74, 6) is 0. The van der Waals surface area contributed by atoms with Crippen LogP contribution in [0.1, 0.15) is 27.2 Å². The lowest BCUT2D eigenvalue weighted by Crippen LogP contribution is -2.25. The molecule has 1 heterocycles. The first kappa shape index (κ1) is 9.96. The van der Waals surface area contributed by atoms with Crippen molar-refractivity contribution in [3.8, 4) is 0 Å². The summed E-state index contributed by atoms with van der Waals surface area (Å²) < 4.78 is 0. The Labute approximate surface area is 74.3 Å². The van der Waals surface area contributed by atoms with Gasteiger partial charge in [0, 0.05) is 6.54 Å². The molecular weight excluding hydrogens is 154 g/mol. The Kier molecular flexibility index (Phi) is 3.09. The Hall–Kier alpha value is -0.120. The summed E-state index contributed by atoms with van der Waals surface area (Å²) in [4.78, 5) is 5.24. The molecule has 1 rings (SSSR count). The summed E-state index contributed by atoms with van der Waals surface area (Å²) in [6.45, 7) is 8.67. The summed E-state index contributed by atoms with van der Waals surface area (Å²) in [6, 6.07) is 0. The Morgan fingerprint density at radius 3 is 2.58 bits per heavy atom. The van der Waals surface area contributed by atoms with Gasteiger partial charge in [0.2, 0.25) is 0 Å². The number of rotatable bonds is 2. The number of aliphatic hydroxyl groups excluding tert-OH is 1. The molecule has 0 spiro atoms. The number of hydroxylamine groups is 2. The average molecular weight is 173 g/mol. The third-order valence-corrected chi connectivity index (χ3v) is 1.98. The first-order chi connectivity index (χ1) is 5.47. The van der Waals surface area contributed by atoms with Crippen molar-refractivity contribution in [3.63, 3.8) is 0 Å². The van der Waals surface area contributed by atoms with Crippen LogP contribution in [0.2, 0.25) is 0 Å². The molecule has 1 aliphatic heterocycles. The maximum Gasteiger partial charge on any atom is 0.0958 e. The molecule has 1 fully saturated rings. The molecule has 1 atom stereocenters. The topological polar surface area (TPSA) is 32.7 Å². The van der Waals surface area contributed by atoms with E-state index in [-0.39, 0.29) is 6.10 Å². The number of hydrogen-bond acceptors (Lipinski definition) is 3. The maximum atomic E-state index is 9.16. The van der Waals surface area contributed by atoms with Crippen LogP contribution < -0.4 is 0 Å². The second kappa shape index (κ2) is 3.73. The standard InChI is InChI=1S/C9H19NO2/c1-9(2,3)4-5-10-6-8(11)7-12-10/h8,11H,4-7H2,1-3H3. The molecule has 0 saturated carbocycles. The minimum Gasteiger partial charge on any atom is -0.389 e. The molecule has 0 aromatic carbocycles. The van der Waals surface area contributed by atoms with Gasteiger partial charge in [-0.25, -0.2) is 0 Å². The van der Waals surface area contributed by atoms with Crippen molar-refractivity contribution in [2.24, 2.45) is 5.41 Å². The second-order valence-electron chi connectivity index (χ2n) is 4.65. The van der Waals surface area contributed by atoms with Gasteiger partial charge in [0.1, 0.15) is 0 Å². The van der Waals surface area contributed by atoms with Gasteiger partial charge in [0.15, 0.2) is 0 Å². The van der Waals surface area contributed by atoms with Gasteiger partial charge in [0.25, 0.3) is 0 Å². The minimum absolute atomic E-state index is 0.287. The molecule has 0 aromatic rings. The van der Waals surface area contributed by atoms with Gasteiger partial charge in [0.05, 0.1) is 19.3 Å². The minimum atomic E-state index is -0.287. The largest absolute Gasteiger partial charge is 0.389 e. The van der Waals surface area contributed by atoms with E-state index < -0.39 is 0 Å². The van der Waals surface area contributed by atoms with Gasteiger partial charge in [-0.3, -0.25) is 4.84 Å². The zero-order valence-corrected chi connectivity index (χ0v) is 8.21. The second-order valence-corrected chi connectivity index (χ2v) is 4.65. The molecule has 1 aliphatic rings. The van der Waals surface area contributed by atoms with Gasteiger partial charge in [-0.05, 0) is 11.8 Å². The summed E-state index contributed by atoms with van der Waals surface area (Å²) >= 11 is 0. The lowest BCUT2D eigenvalue weighted by atomic mass is 9.92. The van der Waals surface area contributed by atoms with E-state index in [9.17, 15) is 0 Å². The number of β-amino-alcohol motifs (C(OH)–C–C–N with tert-alkyl or cyclic N) is 1. The zero-order valence-electron chi connectivity index (χ0n) is 8.21. The molecule has 0 radical (unpaired) electrons. The Morgan fingerprint density at radius 1 is 1.50 bits per heavy atom. The molecule has 0 aromatic heterocycles. The lowest BCUT2D eigenvalue weighted by Gasteiger charge is -2.21. The van der Waals surface area contributed by atoms with Gasteiger partial charge >= 0.3 is 0 Å². The van der Waals surface area contributed by atoms with E-state index in [0.717, 1.165) is 13.0 Å². The van der Waals surface area contributed by atoms with Crippen LogP contribution in [0.4, 0.5) is 0 Å². The van der Waals surface area contributed by atoms with Crippen LogP contribution in [-0.4, -0.2) is 36.0 Å². The highest BCUT2D eigenvalue weighted by Gasteiger charge is 2.22. The molecule has 0 bridgehead atoms. The molecule has 3 heteroatoms. The average Bonchev–Trinajstić information content (AvgIpc) is 2.30. The van der Waals surface area contributed by atoms with E-state index in [2.05, 4.69) is 20.8 Å². The van der Waals surface area contributed by atoms with Crippen molar-refractivity contribution in [1.29, 1.82) is 0 Å². The molecular formula is C9H19NO2. The van der Waals surface area contributed by atoms with Crippen molar-refractivity contribution in [3.05, 3.63) is 0 Å². The first-order valence-corrected chi connectivity index (χ1v) is 4.53. The van der Waals surface area contributed by atoms with Crippen LogP contribution >= 0.6 is 0 Å². The van der Waals surface area contributed by atoms with Crippen LogP contribution in [0.15, 0.2) is 0 Å². The van der Waals surface area contributed by atoms with E-state index in [1.54, 1.807) is 0 Å². The predicted molar refractivity (Wildman–Crippen MR) is 47.6 cm³/mol. The summed E-state index contributed by atoms with van der Waals surface area (Å²) in [7, 11) is 0. The highest BCUT2D eigenvalue weighted by molar-refractivity contribution is 4.68. The van der Waals surface area contributed by atoms with Crippen LogP contribution in [0, 0.1) is 5.41 Å². The van der Waals surface area contributed by atoms with Gasteiger partial charge in [-0.2, -0.15) is 5.06 Å². The third-order valence-electron chi connectivity index (χ3n) is 1.98. The molecule has 1 unspecified atom stereocenters. The molecule has 12 heavy (non-hydrogen) atoms. The third kappa shape index (κ3) is 3.52. The molecule has 1 saturated heterocycles. The number of hydrogen-bond donors (Lipinski definition) is 1. The van der Waals surface area contributed by atoms with Crippen LogP contribution in [0.25, 0.3) is 0 Å².